The maximum Gasteiger partial charge on any atom is 0.240 e. The van der Waals surface area contributed by atoms with E-state index in [1.54, 1.807) is 12.1 Å². The SMILES string of the molecule is CC(=O)Nc1ccc(S(=O)(=O)NCC2([NH+]3CCOCC3)CCCCC2)cc1. The molecule has 0 aromatic heterocycles. The Balaban J connectivity index is 1.70. The summed E-state index contributed by atoms with van der Waals surface area (Å²) in [5.41, 5.74) is 0.550. The Kier molecular flexibility index (Phi) is 6.52. The van der Waals surface area contributed by atoms with E-state index in [4.69, 9.17) is 4.74 Å². The van der Waals surface area contributed by atoms with Crippen LogP contribution in [0.3, 0.4) is 0 Å². The Bertz CT molecular complexity index is 737. The summed E-state index contributed by atoms with van der Waals surface area (Å²) in [5.74, 6) is -0.184. The van der Waals surface area contributed by atoms with Gasteiger partial charge in [-0.25, -0.2) is 13.1 Å². The Morgan fingerprint density at radius 1 is 1.11 bits per heavy atom. The highest BCUT2D eigenvalue weighted by atomic mass is 32.2. The number of carbonyl (C=O) groups excluding carboxylic acids is 1. The van der Waals surface area contributed by atoms with E-state index in [9.17, 15) is 13.2 Å². The normalized spacial score (nSPS) is 20.9. The lowest BCUT2D eigenvalue weighted by molar-refractivity contribution is -0.960. The Labute approximate surface area is 161 Å². The highest BCUT2D eigenvalue weighted by Gasteiger charge is 2.43. The molecule has 1 saturated heterocycles. The lowest BCUT2D eigenvalue weighted by Crippen LogP contribution is -3.23. The molecule has 150 valence electrons. The first kappa shape index (κ1) is 20.3. The molecule has 3 N–H and O–H groups in total. The zero-order chi connectivity index (χ0) is 19.3. The summed E-state index contributed by atoms with van der Waals surface area (Å²) in [6, 6.07) is 6.28. The van der Waals surface area contributed by atoms with Crippen molar-refractivity contribution in [1.29, 1.82) is 0 Å². The second-order valence-corrected chi connectivity index (χ2v) is 9.35. The molecule has 1 aromatic rings. The molecule has 7 nitrogen and oxygen atoms in total. The van der Waals surface area contributed by atoms with Crippen LogP contribution in [-0.4, -0.2) is 52.7 Å². The summed E-state index contributed by atoms with van der Waals surface area (Å²) in [6.07, 6.45) is 5.62. The van der Waals surface area contributed by atoms with Crippen LogP contribution < -0.4 is 14.9 Å². The molecular weight excluding hydrogens is 366 g/mol. The van der Waals surface area contributed by atoms with Gasteiger partial charge in [0.05, 0.1) is 24.7 Å². The molecule has 0 unspecified atom stereocenters. The molecule has 1 aromatic carbocycles. The standard InChI is InChI=1S/C19H29N3O4S/c1-16(23)21-17-5-7-18(8-6-17)27(24,25)20-15-19(9-3-2-4-10-19)22-11-13-26-14-12-22/h5-8,20H,2-4,9-15H2,1H3,(H,21,23)/p+1. The molecule has 27 heavy (non-hydrogen) atoms. The molecule has 8 heteroatoms. The lowest BCUT2D eigenvalue weighted by atomic mass is 9.80. The maximum absolute atomic E-state index is 12.8. The van der Waals surface area contributed by atoms with Crippen LogP contribution in [0.1, 0.15) is 39.0 Å². The van der Waals surface area contributed by atoms with Gasteiger partial charge in [0.25, 0.3) is 0 Å². The average Bonchev–Trinajstić information content (AvgIpc) is 2.68. The third-order valence-corrected chi connectivity index (χ3v) is 7.16. The van der Waals surface area contributed by atoms with Crippen LogP contribution in [0.2, 0.25) is 0 Å². The topological polar surface area (TPSA) is 88.9 Å². The van der Waals surface area contributed by atoms with Crippen molar-refractivity contribution in [2.75, 3.05) is 38.2 Å². The van der Waals surface area contributed by atoms with E-state index in [1.165, 1.54) is 30.4 Å². The van der Waals surface area contributed by atoms with Crippen molar-refractivity contribution >= 4 is 21.6 Å². The molecule has 1 aliphatic heterocycles. The Morgan fingerprint density at radius 3 is 2.33 bits per heavy atom. The molecular formula is C19H30N3O4S+. The van der Waals surface area contributed by atoms with E-state index in [2.05, 4.69) is 10.0 Å². The molecule has 0 atom stereocenters. The van der Waals surface area contributed by atoms with Crippen LogP contribution in [0.25, 0.3) is 0 Å². The quantitative estimate of drug-likeness (QED) is 0.655. The Hall–Kier alpha value is -1.48. The van der Waals surface area contributed by atoms with Gasteiger partial charge < -0.3 is 15.0 Å². The number of hydrogen-bond acceptors (Lipinski definition) is 4. The largest absolute Gasteiger partial charge is 0.370 e. The fourth-order valence-corrected chi connectivity index (χ4v) is 5.40. The summed E-state index contributed by atoms with van der Waals surface area (Å²) in [6.45, 7) is 5.24. The number of rotatable bonds is 6. The number of hydrogen-bond donors (Lipinski definition) is 3. The van der Waals surface area contributed by atoms with Crippen LogP contribution in [-0.2, 0) is 19.6 Å². The molecule has 1 saturated carbocycles. The highest BCUT2D eigenvalue weighted by Crippen LogP contribution is 2.26. The van der Waals surface area contributed by atoms with Gasteiger partial charge in [-0.1, -0.05) is 6.42 Å². The first-order valence-electron chi connectivity index (χ1n) is 9.72. The second kappa shape index (κ2) is 8.68. The van der Waals surface area contributed by atoms with Crippen molar-refractivity contribution in [3.63, 3.8) is 0 Å². The zero-order valence-electron chi connectivity index (χ0n) is 15.9. The number of ether oxygens (including phenoxy) is 1. The first-order chi connectivity index (χ1) is 12.9. The zero-order valence-corrected chi connectivity index (χ0v) is 16.7. The summed E-state index contributed by atoms with van der Waals surface area (Å²) in [4.78, 5) is 12.8. The number of benzene rings is 1. The minimum atomic E-state index is -3.59. The van der Waals surface area contributed by atoms with Crippen LogP contribution in [0.4, 0.5) is 5.69 Å². The first-order valence-corrected chi connectivity index (χ1v) is 11.2. The van der Waals surface area contributed by atoms with E-state index in [1.807, 2.05) is 0 Å². The predicted octanol–water partition coefficient (Wildman–Crippen LogP) is 0.541. The van der Waals surface area contributed by atoms with E-state index in [0.717, 1.165) is 52.0 Å². The van der Waals surface area contributed by atoms with E-state index in [0.29, 0.717) is 12.2 Å². The van der Waals surface area contributed by atoms with Gasteiger partial charge in [-0.2, -0.15) is 0 Å². The van der Waals surface area contributed by atoms with Crippen molar-refractivity contribution in [1.82, 2.24) is 4.72 Å². The summed E-state index contributed by atoms with van der Waals surface area (Å²) < 4.78 is 34.0. The second-order valence-electron chi connectivity index (χ2n) is 7.59. The molecule has 1 heterocycles. The molecule has 3 rings (SSSR count). The van der Waals surface area contributed by atoms with E-state index >= 15 is 0 Å². The number of sulfonamides is 1. The number of amides is 1. The lowest BCUT2D eigenvalue weighted by Gasteiger charge is -2.44. The van der Waals surface area contributed by atoms with Gasteiger partial charge in [-0.15, -0.1) is 0 Å². The predicted molar refractivity (Wildman–Crippen MR) is 103 cm³/mol. The average molecular weight is 397 g/mol. The maximum atomic E-state index is 12.8. The van der Waals surface area contributed by atoms with E-state index < -0.39 is 10.0 Å². The van der Waals surface area contributed by atoms with Crippen molar-refractivity contribution in [3.8, 4) is 0 Å². The van der Waals surface area contributed by atoms with Gasteiger partial charge in [0, 0.05) is 25.5 Å². The fraction of sp³-hybridized carbons (Fsp3) is 0.632. The van der Waals surface area contributed by atoms with Crippen molar-refractivity contribution < 1.29 is 22.8 Å². The van der Waals surface area contributed by atoms with Crippen molar-refractivity contribution in [3.05, 3.63) is 24.3 Å². The van der Waals surface area contributed by atoms with Crippen molar-refractivity contribution in [2.24, 2.45) is 0 Å². The number of nitrogens with one attached hydrogen (secondary N) is 3. The molecule has 1 aliphatic carbocycles. The Morgan fingerprint density at radius 2 is 1.74 bits per heavy atom. The number of carbonyl (C=O) groups is 1. The fourth-order valence-electron chi connectivity index (χ4n) is 4.27. The third-order valence-electron chi connectivity index (χ3n) is 5.74. The molecule has 2 fully saturated rings. The number of morpholine rings is 1. The van der Waals surface area contributed by atoms with Gasteiger partial charge in [0.15, 0.2) is 0 Å². The van der Waals surface area contributed by atoms with Gasteiger partial charge in [-0.3, -0.25) is 4.79 Å². The summed E-state index contributed by atoms with van der Waals surface area (Å²) in [5, 5.41) is 2.65. The van der Waals surface area contributed by atoms with Crippen LogP contribution in [0.5, 0.6) is 0 Å². The highest BCUT2D eigenvalue weighted by molar-refractivity contribution is 7.89. The van der Waals surface area contributed by atoms with Gasteiger partial charge in [0.1, 0.15) is 18.6 Å². The molecule has 0 radical (unpaired) electrons. The minimum absolute atomic E-state index is 0.0365. The van der Waals surface area contributed by atoms with Gasteiger partial charge in [-0.05, 0) is 37.1 Å². The smallest absolute Gasteiger partial charge is 0.240 e. The van der Waals surface area contributed by atoms with E-state index in [-0.39, 0.29) is 16.3 Å². The third kappa shape index (κ3) is 5.07. The van der Waals surface area contributed by atoms with Gasteiger partial charge >= 0.3 is 0 Å². The summed E-state index contributed by atoms with van der Waals surface area (Å²) in [7, 11) is -3.59. The molecule has 0 spiro atoms. The van der Waals surface area contributed by atoms with Crippen molar-refractivity contribution in [2.45, 2.75) is 49.5 Å². The number of quaternary nitrogens is 1. The molecule has 1 amide bonds. The number of anilines is 1. The van der Waals surface area contributed by atoms with Crippen LogP contribution in [0.15, 0.2) is 29.2 Å². The van der Waals surface area contributed by atoms with Gasteiger partial charge in [0.2, 0.25) is 15.9 Å². The molecule has 2 aliphatic rings. The van der Waals surface area contributed by atoms with Crippen LogP contribution in [0, 0.1) is 0 Å². The summed E-state index contributed by atoms with van der Waals surface area (Å²) >= 11 is 0. The van der Waals surface area contributed by atoms with Crippen LogP contribution >= 0.6 is 0 Å². The minimum Gasteiger partial charge on any atom is -0.370 e. The molecule has 0 bridgehead atoms. The monoisotopic (exact) mass is 396 g/mol.